The van der Waals surface area contributed by atoms with E-state index in [-0.39, 0.29) is 0 Å². The molecule has 0 spiro atoms. The lowest BCUT2D eigenvalue weighted by Crippen LogP contribution is -2.39. The predicted molar refractivity (Wildman–Crippen MR) is 87.2 cm³/mol. The molecule has 0 amide bonds. The van der Waals surface area contributed by atoms with Crippen LogP contribution < -0.4 is 10.6 Å². The van der Waals surface area contributed by atoms with Crippen LogP contribution in [0.3, 0.4) is 0 Å². The first-order chi connectivity index (χ1) is 9.78. The highest BCUT2D eigenvalue weighted by molar-refractivity contribution is 9.10. The van der Waals surface area contributed by atoms with Crippen molar-refractivity contribution in [2.45, 2.75) is 25.3 Å². The Morgan fingerprint density at radius 1 is 1.45 bits per heavy atom. The number of H-pyrrole nitrogens is 1. The summed E-state index contributed by atoms with van der Waals surface area (Å²) in [6.07, 6.45) is 5.58. The van der Waals surface area contributed by atoms with Gasteiger partial charge in [-0.05, 0) is 37.0 Å². The van der Waals surface area contributed by atoms with E-state index in [1.54, 1.807) is 0 Å². The first-order valence-corrected chi connectivity index (χ1v) is 7.79. The van der Waals surface area contributed by atoms with E-state index < -0.39 is 0 Å². The summed E-state index contributed by atoms with van der Waals surface area (Å²) in [5, 5.41) is 8.04. The van der Waals surface area contributed by atoms with E-state index in [1.807, 2.05) is 13.1 Å². The number of nitrogens with one attached hydrogen (secondary N) is 3. The van der Waals surface area contributed by atoms with E-state index in [1.165, 1.54) is 29.3 Å². The lowest BCUT2D eigenvalue weighted by molar-refractivity contribution is 0.793. The number of nitrogens with zero attached hydrogens (tertiary/aromatic N) is 1. The van der Waals surface area contributed by atoms with Gasteiger partial charge < -0.3 is 15.6 Å². The van der Waals surface area contributed by atoms with Crippen molar-refractivity contribution in [3.8, 4) is 0 Å². The SMILES string of the molecule is CN=C(NCCc1c[nH]c2cccc(Br)c12)NC1CC1. The summed E-state index contributed by atoms with van der Waals surface area (Å²) in [5.74, 6) is 0.909. The fraction of sp³-hybridized carbons (Fsp3) is 0.400. The molecule has 4 nitrogen and oxygen atoms in total. The van der Waals surface area contributed by atoms with Crippen LogP contribution in [0.1, 0.15) is 18.4 Å². The second-order valence-electron chi connectivity index (χ2n) is 5.14. The standard InChI is InChI=1S/C15H19BrN4/c1-17-15(20-11-5-6-11)18-8-7-10-9-19-13-4-2-3-12(16)14(10)13/h2-4,9,11,19H,5-8H2,1H3,(H2,17,18,20). The molecule has 1 aliphatic carbocycles. The Morgan fingerprint density at radius 2 is 2.30 bits per heavy atom. The molecular formula is C15H19BrN4. The van der Waals surface area contributed by atoms with E-state index in [0.29, 0.717) is 6.04 Å². The smallest absolute Gasteiger partial charge is 0.191 e. The summed E-state index contributed by atoms with van der Waals surface area (Å²) in [7, 11) is 1.82. The molecule has 1 aromatic heterocycles. The Labute approximate surface area is 127 Å². The summed E-state index contributed by atoms with van der Waals surface area (Å²) >= 11 is 3.63. The topological polar surface area (TPSA) is 52.2 Å². The highest BCUT2D eigenvalue weighted by Gasteiger charge is 2.21. The molecule has 0 aliphatic heterocycles. The van der Waals surface area contributed by atoms with Crippen LogP contribution >= 0.6 is 15.9 Å². The van der Waals surface area contributed by atoms with E-state index in [4.69, 9.17) is 0 Å². The van der Waals surface area contributed by atoms with Gasteiger partial charge in [0, 0.05) is 41.2 Å². The molecule has 0 atom stereocenters. The zero-order chi connectivity index (χ0) is 13.9. The minimum absolute atomic E-state index is 0.628. The van der Waals surface area contributed by atoms with E-state index in [2.05, 4.69) is 54.9 Å². The zero-order valence-electron chi connectivity index (χ0n) is 11.5. The fourth-order valence-electron chi connectivity index (χ4n) is 2.34. The van der Waals surface area contributed by atoms with Gasteiger partial charge >= 0.3 is 0 Å². The molecule has 1 fully saturated rings. The first kappa shape index (κ1) is 13.5. The van der Waals surface area contributed by atoms with Gasteiger partial charge in [0.15, 0.2) is 5.96 Å². The minimum Gasteiger partial charge on any atom is -0.361 e. The van der Waals surface area contributed by atoms with Crippen molar-refractivity contribution in [3.63, 3.8) is 0 Å². The Morgan fingerprint density at radius 3 is 3.05 bits per heavy atom. The van der Waals surface area contributed by atoms with Gasteiger partial charge in [0.05, 0.1) is 0 Å². The fourth-order valence-corrected chi connectivity index (χ4v) is 2.96. The quantitative estimate of drug-likeness (QED) is 0.594. The molecule has 2 aromatic rings. The second kappa shape index (κ2) is 5.87. The number of benzene rings is 1. The van der Waals surface area contributed by atoms with Crippen molar-refractivity contribution in [1.29, 1.82) is 0 Å². The average Bonchev–Trinajstić information content (AvgIpc) is 3.17. The summed E-state index contributed by atoms with van der Waals surface area (Å²) in [6.45, 7) is 0.876. The summed E-state index contributed by atoms with van der Waals surface area (Å²) in [4.78, 5) is 7.56. The second-order valence-corrected chi connectivity index (χ2v) is 6.00. The molecule has 0 bridgehead atoms. The van der Waals surface area contributed by atoms with Gasteiger partial charge in [-0.15, -0.1) is 0 Å². The highest BCUT2D eigenvalue weighted by atomic mass is 79.9. The zero-order valence-corrected chi connectivity index (χ0v) is 13.1. The molecule has 1 aliphatic rings. The monoisotopic (exact) mass is 334 g/mol. The van der Waals surface area contributed by atoms with E-state index in [9.17, 15) is 0 Å². The summed E-state index contributed by atoms with van der Waals surface area (Å²) < 4.78 is 1.15. The number of fused-ring (bicyclic) bond motifs is 1. The number of hydrogen-bond acceptors (Lipinski definition) is 1. The van der Waals surface area contributed by atoms with Crippen LogP contribution in [0.15, 0.2) is 33.9 Å². The molecule has 3 N–H and O–H groups in total. The Bertz CT molecular complexity index is 628. The maximum Gasteiger partial charge on any atom is 0.191 e. The number of aromatic amines is 1. The number of aliphatic imine (C=N–C) groups is 1. The van der Waals surface area contributed by atoms with Crippen LogP contribution in [0.2, 0.25) is 0 Å². The minimum atomic E-state index is 0.628. The molecule has 3 rings (SSSR count). The first-order valence-electron chi connectivity index (χ1n) is 6.99. The number of rotatable bonds is 4. The maximum atomic E-state index is 4.24. The number of guanidine groups is 1. The molecule has 0 unspecified atom stereocenters. The van der Waals surface area contributed by atoms with Crippen LogP contribution in [0.5, 0.6) is 0 Å². The third kappa shape index (κ3) is 2.98. The van der Waals surface area contributed by atoms with Crippen molar-refractivity contribution in [2.75, 3.05) is 13.6 Å². The molecule has 0 saturated heterocycles. The number of hydrogen-bond donors (Lipinski definition) is 3. The normalized spacial score (nSPS) is 15.6. The molecule has 0 radical (unpaired) electrons. The molecule has 20 heavy (non-hydrogen) atoms. The van der Waals surface area contributed by atoms with Crippen molar-refractivity contribution in [2.24, 2.45) is 4.99 Å². The van der Waals surface area contributed by atoms with Gasteiger partial charge in [-0.2, -0.15) is 0 Å². The molecule has 5 heteroatoms. The molecule has 106 valence electrons. The average molecular weight is 335 g/mol. The Kier molecular flexibility index (Phi) is 3.96. The maximum absolute atomic E-state index is 4.24. The largest absolute Gasteiger partial charge is 0.361 e. The van der Waals surface area contributed by atoms with Crippen molar-refractivity contribution < 1.29 is 0 Å². The van der Waals surface area contributed by atoms with Crippen LogP contribution in [-0.4, -0.2) is 30.6 Å². The third-order valence-corrected chi connectivity index (χ3v) is 4.23. The van der Waals surface area contributed by atoms with Crippen molar-refractivity contribution in [3.05, 3.63) is 34.4 Å². The Hall–Kier alpha value is -1.49. The van der Waals surface area contributed by atoms with Crippen LogP contribution in [-0.2, 0) is 6.42 Å². The molecule has 1 aromatic carbocycles. The predicted octanol–water partition coefficient (Wildman–Crippen LogP) is 2.80. The summed E-state index contributed by atoms with van der Waals surface area (Å²) in [5.41, 5.74) is 2.50. The van der Waals surface area contributed by atoms with Gasteiger partial charge in [-0.1, -0.05) is 22.0 Å². The van der Waals surface area contributed by atoms with Crippen LogP contribution in [0, 0.1) is 0 Å². The lowest BCUT2D eigenvalue weighted by atomic mass is 10.1. The van der Waals surface area contributed by atoms with Gasteiger partial charge in [0.25, 0.3) is 0 Å². The van der Waals surface area contributed by atoms with Gasteiger partial charge in [-0.3, -0.25) is 4.99 Å². The molecular weight excluding hydrogens is 316 g/mol. The third-order valence-electron chi connectivity index (χ3n) is 3.57. The van der Waals surface area contributed by atoms with Gasteiger partial charge in [-0.25, -0.2) is 0 Å². The van der Waals surface area contributed by atoms with E-state index in [0.717, 1.165) is 23.4 Å². The van der Waals surface area contributed by atoms with Crippen LogP contribution in [0.25, 0.3) is 10.9 Å². The Balaban J connectivity index is 1.62. The van der Waals surface area contributed by atoms with Crippen molar-refractivity contribution >= 4 is 32.8 Å². The number of halogens is 1. The van der Waals surface area contributed by atoms with Gasteiger partial charge in [0.1, 0.15) is 0 Å². The van der Waals surface area contributed by atoms with Crippen molar-refractivity contribution in [1.82, 2.24) is 15.6 Å². The number of aromatic nitrogens is 1. The molecule has 1 saturated carbocycles. The van der Waals surface area contributed by atoms with Crippen LogP contribution in [0.4, 0.5) is 0 Å². The molecule has 1 heterocycles. The lowest BCUT2D eigenvalue weighted by Gasteiger charge is -2.10. The summed E-state index contributed by atoms with van der Waals surface area (Å²) in [6, 6.07) is 6.86. The van der Waals surface area contributed by atoms with Gasteiger partial charge in [0.2, 0.25) is 0 Å². The highest BCUT2D eigenvalue weighted by Crippen LogP contribution is 2.27. The van der Waals surface area contributed by atoms with E-state index >= 15 is 0 Å².